The number of urea groups is 1. The van der Waals surface area contributed by atoms with Crippen LogP contribution in [0, 0.1) is 0 Å². The topological polar surface area (TPSA) is 141 Å². The summed E-state index contributed by atoms with van der Waals surface area (Å²) in [5, 5.41) is 8.47. The van der Waals surface area contributed by atoms with Gasteiger partial charge in [-0.15, -0.1) is 0 Å². The Balaban J connectivity index is 1.23. The lowest BCUT2D eigenvalue weighted by atomic mass is 10.1. The minimum absolute atomic E-state index is 0.267. The molecule has 2 heterocycles. The zero-order valence-electron chi connectivity index (χ0n) is 26.5. The fourth-order valence-corrected chi connectivity index (χ4v) is 5.05. The Morgan fingerprint density at radius 1 is 0.913 bits per heavy atom. The Labute approximate surface area is 268 Å². The molecule has 0 unspecified atom stereocenters. The van der Waals surface area contributed by atoms with Gasteiger partial charge in [-0.3, -0.25) is 20.3 Å². The van der Waals surface area contributed by atoms with E-state index >= 15 is 0 Å². The number of nitrogens with one attached hydrogen (secondary N) is 4. The molecule has 242 valence electrons. The molecule has 0 saturated carbocycles. The fourth-order valence-electron chi connectivity index (χ4n) is 5.05. The number of para-hydroxylation sites is 4. The van der Waals surface area contributed by atoms with Gasteiger partial charge in [-0.2, -0.15) is 0 Å². The molecule has 0 spiro atoms. The van der Waals surface area contributed by atoms with Crippen LogP contribution in [-0.4, -0.2) is 82.8 Å². The van der Waals surface area contributed by atoms with Gasteiger partial charge < -0.3 is 24.7 Å². The molecule has 1 aliphatic heterocycles. The number of carbonyl (C=O) groups is 3. The molecule has 1 aliphatic rings. The maximum absolute atomic E-state index is 13.5. The van der Waals surface area contributed by atoms with E-state index in [0.29, 0.717) is 36.0 Å². The van der Waals surface area contributed by atoms with Gasteiger partial charge in [0.2, 0.25) is 5.95 Å². The number of ether oxygens (including phenoxy) is 2. The number of hydrogen-bond acceptors (Lipinski definition) is 7. The van der Waals surface area contributed by atoms with Crippen LogP contribution in [0.5, 0.6) is 0 Å². The molecular formula is C34H41N7O5. The smallest absolute Gasteiger partial charge is 0.412 e. The SMILES string of the molecule is CC(C)(C)OC(=O)Nc1ccccc1NC(=O)c1ccc(CN(CCCN2CCOCC2)C(=O)Nc2nc3ccccc3[nH]2)cc1. The lowest BCUT2D eigenvalue weighted by Gasteiger charge is -2.28. The average molecular weight is 628 g/mol. The van der Waals surface area contributed by atoms with Crippen molar-refractivity contribution >= 4 is 46.4 Å². The number of anilines is 3. The van der Waals surface area contributed by atoms with Crippen LogP contribution in [0.3, 0.4) is 0 Å². The first-order valence-electron chi connectivity index (χ1n) is 15.4. The van der Waals surface area contributed by atoms with Crippen molar-refractivity contribution in [2.75, 3.05) is 55.3 Å². The molecule has 4 amide bonds. The minimum atomic E-state index is -0.656. The van der Waals surface area contributed by atoms with Crippen molar-refractivity contribution in [3.63, 3.8) is 0 Å². The first-order valence-corrected chi connectivity index (χ1v) is 15.4. The van der Waals surface area contributed by atoms with Gasteiger partial charge in [0.15, 0.2) is 0 Å². The van der Waals surface area contributed by atoms with Crippen molar-refractivity contribution in [1.82, 2.24) is 19.8 Å². The average Bonchev–Trinajstić information content (AvgIpc) is 3.44. The molecule has 3 aromatic carbocycles. The summed E-state index contributed by atoms with van der Waals surface area (Å²) in [5.74, 6) is 0.0489. The molecule has 0 aliphatic carbocycles. The predicted molar refractivity (Wildman–Crippen MR) is 178 cm³/mol. The number of H-pyrrole nitrogens is 1. The van der Waals surface area contributed by atoms with Crippen LogP contribution in [-0.2, 0) is 16.0 Å². The molecule has 46 heavy (non-hydrogen) atoms. The molecule has 0 bridgehead atoms. The van der Waals surface area contributed by atoms with Gasteiger partial charge in [0.25, 0.3) is 5.91 Å². The van der Waals surface area contributed by atoms with Crippen molar-refractivity contribution in [2.45, 2.75) is 39.3 Å². The Morgan fingerprint density at radius 3 is 2.28 bits per heavy atom. The highest BCUT2D eigenvalue weighted by Gasteiger charge is 2.20. The van der Waals surface area contributed by atoms with E-state index in [9.17, 15) is 14.4 Å². The minimum Gasteiger partial charge on any atom is -0.444 e. The second-order valence-electron chi connectivity index (χ2n) is 12.1. The van der Waals surface area contributed by atoms with E-state index in [1.165, 1.54) is 0 Å². The molecule has 0 atom stereocenters. The summed E-state index contributed by atoms with van der Waals surface area (Å²) in [4.78, 5) is 50.6. The highest BCUT2D eigenvalue weighted by atomic mass is 16.6. The van der Waals surface area contributed by atoms with Gasteiger partial charge in [0, 0.05) is 38.3 Å². The molecule has 0 radical (unpaired) electrons. The van der Waals surface area contributed by atoms with E-state index in [0.717, 1.165) is 55.9 Å². The molecular weight excluding hydrogens is 586 g/mol. The lowest BCUT2D eigenvalue weighted by molar-refractivity contribution is 0.0365. The first-order chi connectivity index (χ1) is 22.1. The molecule has 12 nitrogen and oxygen atoms in total. The summed E-state index contributed by atoms with van der Waals surface area (Å²) in [7, 11) is 0. The van der Waals surface area contributed by atoms with E-state index < -0.39 is 11.7 Å². The number of rotatable bonds is 10. The summed E-state index contributed by atoms with van der Waals surface area (Å²) in [6, 6.07) is 21.4. The van der Waals surface area contributed by atoms with Crippen LogP contribution < -0.4 is 16.0 Å². The number of amides is 4. The molecule has 1 aromatic heterocycles. The second kappa shape index (κ2) is 14.9. The number of benzene rings is 3. The number of fused-ring (bicyclic) bond motifs is 1. The number of hydrogen-bond donors (Lipinski definition) is 4. The van der Waals surface area contributed by atoms with Crippen molar-refractivity contribution in [2.24, 2.45) is 0 Å². The summed E-state index contributed by atoms with van der Waals surface area (Å²) in [6.45, 7) is 10.3. The molecule has 1 fully saturated rings. The molecule has 5 rings (SSSR count). The van der Waals surface area contributed by atoms with E-state index in [2.05, 4.69) is 30.8 Å². The quantitative estimate of drug-likeness (QED) is 0.171. The van der Waals surface area contributed by atoms with E-state index in [1.807, 2.05) is 36.4 Å². The molecule has 4 N–H and O–H groups in total. The predicted octanol–water partition coefficient (Wildman–Crippen LogP) is 5.92. The third kappa shape index (κ3) is 9.29. The Bertz CT molecular complexity index is 1610. The maximum Gasteiger partial charge on any atom is 0.412 e. The third-order valence-corrected chi connectivity index (χ3v) is 7.31. The standard InChI is InChI=1S/C34H41N7O5/c1-34(2,3)46-33(44)38-29-12-7-4-9-26(29)35-30(42)25-15-13-24(14-16-25)23-41(18-8-17-40-19-21-45-22-20-40)32(43)39-31-36-27-10-5-6-11-28(27)37-31/h4-7,9-16H,8,17-23H2,1-3H3,(H,35,42)(H,38,44)(H2,36,37,39,43). The van der Waals surface area contributed by atoms with Gasteiger partial charge in [-0.25, -0.2) is 14.6 Å². The summed E-state index contributed by atoms with van der Waals surface area (Å²) >= 11 is 0. The van der Waals surface area contributed by atoms with E-state index in [4.69, 9.17) is 9.47 Å². The van der Waals surface area contributed by atoms with Gasteiger partial charge in [0.1, 0.15) is 5.60 Å². The molecule has 12 heteroatoms. The van der Waals surface area contributed by atoms with Gasteiger partial charge in [-0.05, 0) is 69.2 Å². The normalized spacial score (nSPS) is 13.6. The summed E-state index contributed by atoms with van der Waals surface area (Å²) in [6.07, 6.45) is 0.183. The maximum atomic E-state index is 13.5. The number of morpholine rings is 1. The fraction of sp³-hybridized carbons (Fsp3) is 0.353. The van der Waals surface area contributed by atoms with Gasteiger partial charge in [0.05, 0.1) is 35.6 Å². The highest BCUT2D eigenvalue weighted by Crippen LogP contribution is 2.23. The number of nitrogens with zero attached hydrogens (tertiary/aromatic N) is 3. The summed E-state index contributed by atoms with van der Waals surface area (Å²) < 4.78 is 10.8. The third-order valence-electron chi connectivity index (χ3n) is 7.31. The largest absolute Gasteiger partial charge is 0.444 e. The molecule has 1 saturated heterocycles. The van der Waals surface area contributed by atoms with E-state index in [-0.39, 0.29) is 11.9 Å². The first kappa shape index (κ1) is 32.5. The number of imidazole rings is 1. The number of aromatic amines is 1. The van der Waals surface area contributed by atoms with Crippen molar-refractivity contribution in [1.29, 1.82) is 0 Å². The Kier molecular flexibility index (Phi) is 10.5. The van der Waals surface area contributed by atoms with Crippen LogP contribution >= 0.6 is 0 Å². The van der Waals surface area contributed by atoms with Crippen molar-refractivity contribution < 1.29 is 23.9 Å². The van der Waals surface area contributed by atoms with Gasteiger partial charge in [-0.1, -0.05) is 36.4 Å². The number of carbonyl (C=O) groups excluding carboxylic acids is 3. The highest BCUT2D eigenvalue weighted by molar-refractivity contribution is 6.06. The Hall–Kier alpha value is -4.94. The van der Waals surface area contributed by atoms with Crippen molar-refractivity contribution in [3.05, 3.63) is 83.9 Å². The van der Waals surface area contributed by atoms with E-state index in [1.54, 1.807) is 62.1 Å². The second-order valence-corrected chi connectivity index (χ2v) is 12.1. The Morgan fingerprint density at radius 2 is 1.59 bits per heavy atom. The molecule has 4 aromatic rings. The zero-order valence-corrected chi connectivity index (χ0v) is 26.5. The summed E-state index contributed by atoms with van der Waals surface area (Å²) in [5.41, 5.74) is 3.12. The monoisotopic (exact) mass is 627 g/mol. The zero-order chi connectivity index (χ0) is 32.5. The van der Waals surface area contributed by atoms with Gasteiger partial charge >= 0.3 is 12.1 Å². The van der Waals surface area contributed by atoms with Crippen molar-refractivity contribution in [3.8, 4) is 0 Å². The number of aromatic nitrogens is 2. The van der Waals surface area contributed by atoms with Crippen LogP contribution in [0.2, 0.25) is 0 Å². The van der Waals surface area contributed by atoms with Crippen LogP contribution in [0.25, 0.3) is 11.0 Å². The van der Waals surface area contributed by atoms with Crippen LogP contribution in [0.4, 0.5) is 26.9 Å². The van der Waals surface area contributed by atoms with Crippen LogP contribution in [0.1, 0.15) is 43.1 Å². The van der Waals surface area contributed by atoms with Crippen LogP contribution in [0.15, 0.2) is 72.8 Å². The lowest BCUT2D eigenvalue weighted by Crippen LogP contribution is -2.40.